The summed E-state index contributed by atoms with van der Waals surface area (Å²) in [6, 6.07) is 4.18. The molecule has 1 atom stereocenters. The molecule has 1 fully saturated rings. The van der Waals surface area contributed by atoms with Gasteiger partial charge in [-0.2, -0.15) is 0 Å². The molecule has 2 heterocycles. The molecule has 0 bridgehead atoms. The van der Waals surface area contributed by atoms with Crippen molar-refractivity contribution in [2.45, 2.75) is 20.0 Å². The predicted octanol–water partition coefficient (Wildman–Crippen LogP) is 1.07. The van der Waals surface area contributed by atoms with E-state index in [0.29, 0.717) is 11.4 Å². The third-order valence-corrected chi connectivity index (χ3v) is 3.96. The van der Waals surface area contributed by atoms with Crippen molar-refractivity contribution in [1.82, 2.24) is 20.3 Å². The van der Waals surface area contributed by atoms with Gasteiger partial charge in [-0.1, -0.05) is 10.4 Å². The average molecular weight is 376 g/mol. The molecular weight excluding hydrogens is 359 g/mol. The second-order valence-corrected chi connectivity index (χ2v) is 5.92. The Bertz CT molecular complexity index is 912. The number of cyclic esters (lactones) is 1. The number of ether oxygens (including phenoxy) is 1. The van der Waals surface area contributed by atoms with E-state index in [2.05, 4.69) is 20.8 Å². The van der Waals surface area contributed by atoms with E-state index in [9.17, 15) is 14.0 Å². The smallest absolute Gasteiger partial charge is 0.414 e. The maximum absolute atomic E-state index is 14.6. The third kappa shape index (κ3) is 3.86. The monoisotopic (exact) mass is 376 g/mol. The number of rotatable bonds is 5. The van der Waals surface area contributed by atoms with Crippen LogP contribution in [0.2, 0.25) is 0 Å². The highest BCUT2D eigenvalue weighted by Crippen LogP contribution is 2.25. The number of carbonyl (C=O) groups excluding carboxylic acids is 2. The van der Waals surface area contributed by atoms with Gasteiger partial charge in [-0.05, 0) is 25.1 Å². The van der Waals surface area contributed by atoms with Crippen LogP contribution in [0.4, 0.5) is 14.9 Å². The minimum Gasteiger partial charge on any atom is -0.442 e. The Balaban J connectivity index is 1.78. The molecule has 0 unspecified atom stereocenters. The lowest BCUT2D eigenvalue weighted by atomic mass is 10.2. The zero-order chi connectivity index (χ0) is 19.6. The second kappa shape index (κ2) is 7.40. The van der Waals surface area contributed by atoms with E-state index >= 15 is 0 Å². The van der Waals surface area contributed by atoms with Gasteiger partial charge in [-0.3, -0.25) is 9.69 Å². The standard InChI is InChI=1S/C16H17FN6O4/c1-9(20-26)14-8-23(21-19-14)15-4-3-11(5-13(15)17)22-7-12(27-16(22)25)6-18-10(2)24/h3-5,8,12,26H,6-7H2,1-2H3,(H,18,24)/b20-9-/t12-/m0/s1. The lowest BCUT2D eigenvalue weighted by Crippen LogP contribution is -2.33. The normalized spacial score (nSPS) is 17.1. The number of hydrogen-bond acceptors (Lipinski definition) is 7. The molecule has 0 spiro atoms. The van der Waals surface area contributed by atoms with Gasteiger partial charge in [-0.15, -0.1) is 5.10 Å². The summed E-state index contributed by atoms with van der Waals surface area (Å²) in [7, 11) is 0. The van der Waals surface area contributed by atoms with E-state index in [1.165, 1.54) is 41.8 Å². The van der Waals surface area contributed by atoms with Crippen LogP contribution in [0.3, 0.4) is 0 Å². The fraction of sp³-hybridized carbons (Fsp3) is 0.312. The zero-order valence-electron chi connectivity index (χ0n) is 14.6. The Morgan fingerprint density at radius 3 is 2.93 bits per heavy atom. The summed E-state index contributed by atoms with van der Waals surface area (Å²) in [5.41, 5.74) is 0.971. The predicted molar refractivity (Wildman–Crippen MR) is 91.6 cm³/mol. The van der Waals surface area contributed by atoms with Gasteiger partial charge in [0, 0.05) is 6.92 Å². The molecule has 1 aliphatic heterocycles. The van der Waals surface area contributed by atoms with Gasteiger partial charge in [-0.25, -0.2) is 13.9 Å². The molecule has 0 aliphatic carbocycles. The van der Waals surface area contributed by atoms with Gasteiger partial charge in [0.2, 0.25) is 5.91 Å². The fourth-order valence-corrected chi connectivity index (χ4v) is 2.54. The van der Waals surface area contributed by atoms with Gasteiger partial charge in [0.25, 0.3) is 0 Å². The summed E-state index contributed by atoms with van der Waals surface area (Å²) in [5.74, 6) is -0.853. The molecule has 11 heteroatoms. The minimum absolute atomic E-state index is 0.116. The Morgan fingerprint density at radius 1 is 1.48 bits per heavy atom. The topological polar surface area (TPSA) is 122 Å². The molecule has 1 aromatic heterocycles. The van der Waals surface area contributed by atoms with Gasteiger partial charge >= 0.3 is 6.09 Å². The van der Waals surface area contributed by atoms with Crippen LogP contribution in [-0.4, -0.2) is 57.1 Å². The summed E-state index contributed by atoms with van der Waals surface area (Å²) in [6.45, 7) is 3.28. The lowest BCUT2D eigenvalue weighted by Gasteiger charge is -2.14. The minimum atomic E-state index is -0.624. The molecule has 1 aromatic carbocycles. The van der Waals surface area contributed by atoms with Crippen LogP contribution in [0.5, 0.6) is 0 Å². The average Bonchev–Trinajstić information content (AvgIpc) is 3.26. The third-order valence-electron chi connectivity index (χ3n) is 3.96. The largest absolute Gasteiger partial charge is 0.442 e. The van der Waals surface area contributed by atoms with Gasteiger partial charge in [0.15, 0.2) is 5.82 Å². The highest BCUT2D eigenvalue weighted by atomic mass is 19.1. The number of anilines is 1. The highest BCUT2D eigenvalue weighted by molar-refractivity contribution is 5.96. The first-order chi connectivity index (χ1) is 12.9. The van der Waals surface area contributed by atoms with Crippen LogP contribution < -0.4 is 10.2 Å². The van der Waals surface area contributed by atoms with Crippen molar-refractivity contribution < 1.29 is 23.9 Å². The van der Waals surface area contributed by atoms with Crippen LogP contribution in [0.1, 0.15) is 19.5 Å². The summed E-state index contributed by atoms with van der Waals surface area (Å²) in [5, 5.41) is 22.0. The van der Waals surface area contributed by atoms with E-state index in [1.54, 1.807) is 6.07 Å². The van der Waals surface area contributed by atoms with E-state index in [0.717, 1.165) is 0 Å². The number of amides is 2. The molecule has 3 rings (SSSR count). The Kier molecular flexibility index (Phi) is 5.01. The van der Waals surface area contributed by atoms with Crippen LogP contribution >= 0.6 is 0 Å². The number of carbonyl (C=O) groups is 2. The lowest BCUT2D eigenvalue weighted by molar-refractivity contribution is -0.119. The summed E-state index contributed by atoms with van der Waals surface area (Å²) < 4.78 is 20.9. The highest BCUT2D eigenvalue weighted by Gasteiger charge is 2.32. The van der Waals surface area contributed by atoms with Crippen molar-refractivity contribution in [3.8, 4) is 5.69 Å². The molecule has 2 amide bonds. The van der Waals surface area contributed by atoms with Crippen molar-refractivity contribution >= 4 is 23.4 Å². The number of halogens is 1. The Labute approximate surface area is 153 Å². The van der Waals surface area contributed by atoms with Crippen molar-refractivity contribution in [3.05, 3.63) is 35.9 Å². The second-order valence-electron chi connectivity index (χ2n) is 5.92. The fourth-order valence-electron chi connectivity index (χ4n) is 2.54. The molecule has 2 aromatic rings. The zero-order valence-corrected chi connectivity index (χ0v) is 14.6. The number of aromatic nitrogens is 3. The van der Waals surface area contributed by atoms with Crippen molar-refractivity contribution in [3.63, 3.8) is 0 Å². The molecule has 1 aliphatic rings. The number of nitrogens with zero attached hydrogens (tertiary/aromatic N) is 5. The molecule has 0 saturated carbocycles. The van der Waals surface area contributed by atoms with Gasteiger partial charge < -0.3 is 15.3 Å². The van der Waals surface area contributed by atoms with Crippen LogP contribution in [-0.2, 0) is 9.53 Å². The van der Waals surface area contributed by atoms with Gasteiger partial charge in [0.1, 0.15) is 23.2 Å². The number of benzene rings is 1. The first-order valence-corrected chi connectivity index (χ1v) is 8.03. The summed E-state index contributed by atoms with van der Waals surface area (Å²) in [6.07, 6.45) is 0.291. The number of hydrogen-bond donors (Lipinski definition) is 2. The molecule has 0 radical (unpaired) electrons. The van der Waals surface area contributed by atoms with Crippen LogP contribution in [0, 0.1) is 5.82 Å². The van der Waals surface area contributed by atoms with Gasteiger partial charge in [0.05, 0.1) is 25.0 Å². The molecule has 27 heavy (non-hydrogen) atoms. The van der Waals surface area contributed by atoms with Crippen molar-refractivity contribution in [2.24, 2.45) is 5.16 Å². The molecular formula is C16H17FN6O4. The molecule has 10 nitrogen and oxygen atoms in total. The SMILES string of the molecule is CC(=O)NC[C@H]1CN(c2ccc(-n3cc(/C(C)=N\O)nn3)c(F)c2)C(=O)O1. The number of oxime groups is 1. The van der Waals surface area contributed by atoms with Crippen LogP contribution in [0.15, 0.2) is 29.6 Å². The van der Waals surface area contributed by atoms with E-state index in [1.807, 2.05) is 0 Å². The maximum atomic E-state index is 14.6. The van der Waals surface area contributed by atoms with E-state index < -0.39 is 18.0 Å². The molecule has 2 N–H and O–H groups in total. The Hall–Kier alpha value is -3.50. The van der Waals surface area contributed by atoms with Crippen molar-refractivity contribution in [2.75, 3.05) is 18.0 Å². The quantitative estimate of drug-likeness (QED) is 0.457. The van der Waals surface area contributed by atoms with E-state index in [-0.39, 0.29) is 30.4 Å². The molecule has 1 saturated heterocycles. The maximum Gasteiger partial charge on any atom is 0.414 e. The first-order valence-electron chi connectivity index (χ1n) is 8.03. The van der Waals surface area contributed by atoms with Crippen LogP contribution in [0.25, 0.3) is 5.69 Å². The van der Waals surface area contributed by atoms with Crippen molar-refractivity contribution in [1.29, 1.82) is 0 Å². The summed E-state index contributed by atoms with van der Waals surface area (Å²) in [4.78, 5) is 24.3. The summed E-state index contributed by atoms with van der Waals surface area (Å²) >= 11 is 0. The first kappa shape index (κ1) is 18.3. The molecule has 142 valence electrons. The number of nitrogens with one attached hydrogen (secondary N) is 1. The van der Waals surface area contributed by atoms with E-state index in [4.69, 9.17) is 9.94 Å². The Morgan fingerprint density at radius 2 is 2.26 bits per heavy atom.